The minimum atomic E-state index is -0.253. The predicted molar refractivity (Wildman–Crippen MR) is 70.4 cm³/mol. The number of carbonyl (C=O) groups is 1. The summed E-state index contributed by atoms with van der Waals surface area (Å²) in [5, 5.41) is 15.2. The lowest BCUT2D eigenvalue weighted by atomic mass is 10.2. The first-order valence-corrected chi connectivity index (χ1v) is 6.38. The summed E-state index contributed by atoms with van der Waals surface area (Å²) < 4.78 is 0. The van der Waals surface area contributed by atoms with Crippen LogP contribution in [-0.4, -0.2) is 12.1 Å². The lowest BCUT2D eigenvalue weighted by Crippen LogP contribution is -2.35. The second kappa shape index (κ2) is 5.69. The molecule has 1 aromatic rings. The maximum Gasteiger partial charge on any atom is 0.320 e. The van der Waals surface area contributed by atoms with E-state index in [9.17, 15) is 4.79 Å². The van der Waals surface area contributed by atoms with Crippen LogP contribution in [0.5, 0.6) is 0 Å². The minimum absolute atomic E-state index is 0.127. The second-order valence-electron chi connectivity index (χ2n) is 4.01. The first-order valence-electron chi connectivity index (χ1n) is 5.57. The smallest absolute Gasteiger partial charge is 0.320 e. The lowest BCUT2D eigenvalue weighted by molar-refractivity contribution is 0.249. The van der Waals surface area contributed by atoms with E-state index in [0.29, 0.717) is 10.6 Å². The Kier molecular flexibility index (Phi) is 4.53. The first-order chi connectivity index (χ1) is 7.99. The number of nitrogens with zero attached hydrogens (tertiary/aromatic N) is 1. The molecule has 0 saturated heterocycles. The minimum Gasteiger partial charge on any atom is -0.335 e. The Balaban J connectivity index is 2.79. The van der Waals surface area contributed by atoms with Crippen LogP contribution in [0.1, 0.15) is 36.3 Å². The quantitative estimate of drug-likeness (QED) is 0.866. The normalized spacial score (nSPS) is 11.7. The Bertz CT molecular complexity index is 459. The fraction of sp³-hybridized carbons (Fsp3) is 0.500. The van der Waals surface area contributed by atoms with Gasteiger partial charge in [0.15, 0.2) is 0 Å². The summed E-state index contributed by atoms with van der Waals surface area (Å²) in [6.07, 6.45) is 0.876. The van der Waals surface area contributed by atoms with Crippen molar-refractivity contribution in [3.8, 4) is 6.07 Å². The van der Waals surface area contributed by atoms with E-state index in [-0.39, 0.29) is 12.1 Å². The summed E-state index contributed by atoms with van der Waals surface area (Å²) in [6, 6.07) is 2.00. The van der Waals surface area contributed by atoms with Crippen molar-refractivity contribution in [3.05, 3.63) is 16.0 Å². The molecule has 1 unspecified atom stereocenters. The Labute approximate surface area is 106 Å². The number of carbonyl (C=O) groups excluding carboxylic acids is 1. The van der Waals surface area contributed by atoms with E-state index in [1.807, 2.05) is 27.7 Å². The molecular weight excluding hydrogens is 234 g/mol. The molecule has 0 radical (unpaired) electrons. The number of hydrogen-bond acceptors (Lipinski definition) is 3. The maximum absolute atomic E-state index is 11.6. The predicted octanol–water partition coefficient (Wildman–Crippen LogP) is 3.16. The molecule has 0 bridgehead atoms. The molecule has 2 N–H and O–H groups in total. The van der Waals surface area contributed by atoms with Gasteiger partial charge >= 0.3 is 6.03 Å². The highest BCUT2D eigenvalue weighted by molar-refractivity contribution is 7.16. The third-order valence-electron chi connectivity index (χ3n) is 2.71. The molecule has 2 amide bonds. The highest BCUT2D eigenvalue weighted by atomic mass is 32.1. The van der Waals surface area contributed by atoms with Gasteiger partial charge in [0.25, 0.3) is 0 Å². The van der Waals surface area contributed by atoms with Crippen molar-refractivity contribution in [1.82, 2.24) is 5.32 Å². The zero-order chi connectivity index (χ0) is 13.0. The highest BCUT2D eigenvalue weighted by Gasteiger charge is 2.14. The van der Waals surface area contributed by atoms with Crippen LogP contribution in [0, 0.1) is 25.2 Å². The third-order valence-corrected chi connectivity index (χ3v) is 3.84. The molecule has 0 spiro atoms. The van der Waals surface area contributed by atoms with Crippen LogP contribution < -0.4 is 10.6 Å². The Hall–Kier alpha value is -1.54. The molecule has 0 saturated carbocycles. The van der Waals surface area contributed by atoms with Crippen LogP contribution in [0.15, 0.2) is 0 Å². The van der Waals surface area contributed by atoms with Crippen LogP contribution in [-0.2, 0) is 0 Å². The molecule has 4 nitrogen and oxygen atoms in total. The van der Waals surface area contributed by atoms with Gasteiger partial charge in [-0.15, -0.1) is 11.3 Å². The zero-order valence-electron chi connectivity index (χ0n) is 10.5. The number of thiophene rings is 1. The number of nitrogens with one attached hydrogen (secondary N) is 2. The van der Waals surface area contributed by atoms with Gasteiger partial charge in [-0.25, -0.2) is 4.79 Å². The summed E-state index contributed by atoms with van der Waals surface area (Å²) in [5.41, 5.74) is 1.50. The Morgan fingerprint density at radius 1 is 1.53 bits per heavy atom. The zero-order valence-corrected chi connectivity index (χ0v) is 11.4. The van der Waals surface area contributed by atoms with Gasteiger partial charge in [0.05, 0.1) is 5.56 Å². The molecule has 17 heavy (non-hydrogen) atoms. The molecule has 0 aromatic carbocycles. The number of amides is 2. The summed E-state index contributed by atoms with van der Waals surface area (Å²) in [5.74, 6) is 0. The fourth-order valence-electron chi connectivity index (χ4n) is 1.31. The van der Waals surface area contributed by atoms with E-state index in [1.165, 1.54) is 11.3 Å². The van der Waals surface area contributed by atoms with Gasteiger partial charge in [-0.2, -0.15) is 5.26 Å². The highest BCUT2D eigenvalue weighted by Crippen LogP contribution is 2.31. The molecule has 0 aliphatic heterocycles. The molecule has 1 atom stereocenters. The monoisotopic (exact) mass is 251 g/mol. The number of nitriles is 1. The van der Waals surface area contributed by atoms with Crippen molar-refractivity contribution in [1.29, 1.82) is 5.26 Å². The number of rotatable bonds is 3. The van der Waals surface area contributed by atoms with Crippen molar-refractivity contribution in [2.75, 3.05) is 5.32 Å². The summed E-state index contributed by atoms with van der Waals surface area (Å²) in [6.45, 7) is 7.78. The van der Waals surface area contributed by atoms with Gasteiger partial charge in [-0.3, -0.25) is 5.32 Å². The van der Waals surface area contributed by atoms with Crippen molar-refractivity contribution in [3.63, 3.8) is 0 Å². The lowest BCUT2D eigenvalue weighted by Gasteiger charge is -2.11. The van der Waals surface area contributed by atoms with Crippen LogP contribution >= 0.6 is 11.3 Å². The molecule has 1 rings (SSSR count). The van der Waals surface area contributed by atoms with Crippen LogP contribution in [0.25, 0.3) is 0 Å². The average molecular weight is 251 g/mol. The number of anilines is 1. The van der Waals surface area contributed by atoms with E-state index in [2.05, 4.69) is 16.7 Å². The van der Waals surface area contributed by atoms with Gasteiger partial charge in [-0.05, 0) is 32.8 Å². The SMILES string of the molecule is CCC(C)NC(=O)Nc1sc(C)c(C)c1C#N. The van der Waals surface area contributed by atoms with Gasteiger partial charge < -0.3 is 5.32 Å². The van der Waals surface area contributed by atoms with Gasteiger partial charge in [0.2, 0.25) is 0 Å². The first kappa shape index (κ1) is 13.5. The molecular formula is C12H17N3OS. The average Bonchev–Trinajstić information content (AvgIpc) is 2.53. The third kappa shape index (κ3) is 3.21. The van der Waals surface area contributed by atoms with E-state index in [1.54, 1.807) is 0 Å². The fourth-order valence-corrected chi connectivity index (χ4v) is 2.32. The largest absolute Gasteiger partial charge is 0.335 e. The van der Waals surface area contributed by atoms with Crippen LogP contribution in [0.3, 0.4) is 0 Å². The molecule has 0 fully saturated rings. The van der Waals surface area contributed by atoms with Crippen molar-refractivity contribution in [2.24, 2.45) is 0 Å². The molecule has 0 aliphatic carbocycles. The van der Waals surface area contributed by atoms with Crippen LogP contribution in [0.4, 0.5) is 9.80 Å². The number of urea groups is 1. The van der Waals surface area contributed by atoms with Crippen LogP contribution in [0.2, 0.25) is 0 Å². The van der Waals surface area contributed by atoms with E-state index >= 15 is 0 Å². The topological polar surface area (TPSA) is 64.9 Å². The van der Waals surface area contributed by atoms with Crippen molar-refractivity contribution in [2.45, 2.75) is 40.2 Å². The summed E-state index contributed by atoms with van der Waals surface area (Å²) >= 11 is 1.43. The molecule has 92 valence electrons. The summed E-state index contributed by atoms with van der Waals surface area (Å²) in [7, 11) is 0. The van der Waals surface area contributed by atoms with Gasteiger partial charge in [-0.1, -0.05) is 6.92 Å². The molecule has 1 aromatic heterocycles. The van der Waals surface area contributed by atoms with Crippen molar-refractivity contribution >= 4 is 22.4 Å². The Morgan fingerprint density at radius 2 is 2.18 bits per heavy atom. The van der Waals surface area contributed by atoms with Gasteiger partial charge in [0, 0.05) is 10.9 Å². The molecule has 5 heteroatoms. The number of hydrogen-bond donors (Lipinski definition) is 2. The standard InChI is InChI=1S/C12H17N3OS/c1-5-7(2)14-12(16)15-11-10(6-13)8(3)9(4)17-11/h7H,5H2,1-4H3,(H2,14,15,16). The van der Waals surface area contributed by atoms with E-state index in [4.69, 9.17) is 5.26 Å². The maximum atomic E-state index is 11.6. The Morgan fingerprint density at radius 3 is 2.71 bits per heavy atom. The van der Waals surface area contributed by atoms with E-state index < -0.39 is 0 Å². The molecule has 1 heterocycles. The molecule has 0 aliphatic rings. The van der Waals surface area contributed by atoms with Gasteiger partial charge in [0.1, 0.15) is 11.1 Å². The van der Waals surface area contributed by atoms with E-state index in [0.717, 1.165) is 16.9 Å². The number of aryl methyl sites for hydroxylation is 1. The summed E-state index contributed by atoms with van der Waals surface area (Å²) in [4.78, 5) is 12.7. The van der Waals surface area contributed by atoms with Crippen molar-refractivity contribution < 1.29 is 4.79 Å². The second-order valence-corrected chi connectivity index (χ2v) is 5.23.